The van der Waals surface area contributed by atoms with Crippen LogP contribution >= 0.6 is 0 Å². The minimum atomic E-state index is -0.0932. The second-order valence-electron chi connectivity index (χ2n) is 4.77. The van der Waals surface area contributed by atoms with Crippen molar-refractivity contribution in [2.45, 2.75) is 38.6 Å². The van der Waals surface area contributed by atoms with E-state index < -0.39 is 0 Å². The van der Waals surface area contributed by atoms with Gasteiger partial charge in [0.15, 0.2) is 0 Å². The second kappa shape index (κ2) is 5.17. The fourth-order valence-corrected chi connectivity index (χ4v) is 2.47. The van der Waals surface area contributed by atoms with Gasteiger partial charge in [0, 0.05) is 12.2 Å². The molecule has 1 saturated carbocycles. The van der Waals surface area contributed by atoms with Gasteiger partial charge in [-0.3, -0.25) is 9.78 Å². The number of carbonyl (C=O) groups is 1. The lowest BCUT2D eigenvalue weighted by atomic mass is 9.99. The number of amides is 1. The molecule has 92 valence electrons. The molecule has 0 aliphatic heterocycles. The zero-order valence-electron chi connectivity index (χ0n) is 10.1. The van der Waals surface area contributed by atoms with E-state index in [0.29, 0.717) is 17.2 Å². The van der Waals surface area contributed by atoms with Crippen LogP contribution in [0.3, 0.4) is 0 Å². The average Bonchev–Trinajstić information content (AvgIpc) is 2.82. The standard InChI is InChI=1S/C13H19N3O/c1-9(10-4-2-3-5-10)16-13(17)11-6-7-15-8-12(11)14/h6-10H,2-5,14H2,1H3,(H,16,17). The van der Waals surface area contributed by atoms with Crippen molar-refractivity contribution in [3.63, 3.8) is 0 Å². The normalized spacial score (nSPS) is 17.9. The molecule has 1 aliphatic rings. The van der Waals surface area contributed by atoms with Gasteiger partial charge in [-0.15, -0.1) is 0 Å². The van der Waals surface area contributed by atoms with Crippen LogP contribution in [0.25, 0.3) is 0 Å². The minimum absolute atomic E-state index is 0.0932. The lowest BCUT2D eigenvalue weighted by Gasteiger charge is -2.20. The van der Waals surface area contributed by atoms with Gasteiger partial charge in [0.05, 0.1) is 17.4 Å². The van der Waals surface area contributed by atoms with E-state index in [2.05, 4.69) is 17.2 Å². The molecule has 1 unspecified atom stereocenters. The van der Waals surface area contributed by atoms with Gasteiger partial charge in [-0.05, 0) is 31.7 Å². The SMILES string of the molecule is CC(NC(=O)c1ccncc1N)C1CCCC1. The average molecular weight is 233 g/mol. The van der Waals surface area contributed by atoms with Crippen molar-refractivity contribution in [1.82, 2.24) is 10.3 Å². The molecular weight excluding hydrogens is 214 g/mol. The summed E-state index contributed by atoms with van der Waals surface area (Å²) in [7, 11) is 0. The number of rotatable bonds is 3. The van der Waals surface area contributed by atoms with E-state index in [9.17, 15) is 4.79 Å². The van der Waals surface area contributed by atoms with Gasteiger partial charge in [0.1, 0.15) is 0 Å². The molecule has 4 nitrogen and oxygen atoms in total. The van der Waals surface area contributed by atoms with Crippen LogP contribution in [0.4, 0.5) is 5.69 Å². The molecule has 1 aromatic rings. The third-order valence-electron chi connectivity index (χ3n) is 3.56. The first-order valence-electron chi connectivity index (χ1n) is 6.19. The number of hydrogen-bond acceptors (Lipinski definition) is 3. The second-order valence-corrected chi connectivity index (χ2v) is 4.77. The predicted octanol–water partition coefficient (Wildman–Crippen LogP) is 1.97. The minimum Gasteiger partial charge on any atom is -0.397 e. The smallest absolute Gasteiger partial charge is 0.253 e. The quantitative estimate of drug-likeness (QED) is 0.838. The molecule has 0 radical (unpaired) electrons. The molecule has 0 aromatic carbocycles. The number of aromatic nitrogens is 1. The Balaban J connectivity index is 1.99. The Labute approximate surface area is 102 Å². The maximum Gasteiger partial charge on any atom is 0.253 e. The highest BCUT2D eigenvalue weighted by Gasteiger charge is 2.23. The maximum absolute atomic E-state index is 12.0. The molecule has 0 bridgehead atoms. The highest BCUT2D eigenvalue weighted by molar-refractivity contribution is 5.98. The first-order chi connectivity index (χ1) is 8.18. The van der Waals surface area contributed by atoms with Crippen LogP contribution < -0.4 is 11.1 Å². The van der Waals surface area contributed by atoms with Crippen LogP contribution in [0.2, 0.25) is 0 Å². The van der Waals surface area contributed by atoms with Crippen LogP contribution in [-0.2, 0) is 0 Å². The Morgan fingerprint density at radius 1 is 1.53 bits per heavy atom. The van der Waals surface area contributed by atoms with Crippen molar-refractivity contribution in [3.05, 3.63) is 24.0 Å². The molecule has 4 heteroatoms. The molecule has 17 heavy (non-hydrogen) atoms. The summed E-state index contributed by atoms with van der Waals surface area (Å²) >= 11 is 0. The summed E-state index contributed by atoms with van der Waals surface area (Å²) in [6, 6.07) is 1.88. The number of nitrogen functional groups attached to an aromatic ring is 1. The first-order valence-corrected chi connectivity index (χ1v) is 6.19. The zero-order valence-corrected chi connectivity index (χ0v) is 10.1. The van der Waals surface area contributed by atoms with E-state index in [4.69, 9.17) is 5.73 Å². The number of nitrogens with zero attached hydrogens (tertiary/aromatic N) is 1. The van der Waals surface area contributed by atoms with Crippen molar-refractivity contribution < 1.29 is 4.79 Å². The summed E-state index contributed by atoms with van der Waals surface area (Å²) in [5.41, 5.74) is 6.68. The van der Waals surface area contributed by atoms with Crippen molar-refractivity contribution in [1.29, 1.82) is 0 Å². The van der Waals surface area contributed by atoms with Gasteiger partial charge >= 0.3 is 0 Å². The number of nitrogens with one attached hydrogen (secondary N) is 1. The van der Waals surface area contributed by atoms with Gasteiger partial charge in [0.25, 0.3) is 5.91 Å². The summed E-state index contributed by atoms with van der Waals surface area (Å²) < 4.78 is 0. The van der Waals surface area contributed by atoms with Crippen molar-refractivity contribution in [2.24, 2.45) is 5.92 Å². The van der Waals surface area contributed by atoms with E-state index >= 15 is 0 Å². The zero-order chi connectivity index (χ0) is 12.3. The number of nitrogens with two attached hydrogens (primary N) is 1. The van der Waals surface area contributed by atoms with Crippen LogP contribution in [0.15, 0.2) is 18.5 Å². The van der Waals surface area contributed by atoms with Crippen LogP contribution in [0.1, 0.15) is 43.0 Å². The molecule has 1 amide bonds. The monoisotopic (exact) mass is 233 g/mol. The van der Waals surface area contributed by atoms with E-state index in [1.165, 1.54) is 31.9 Å². The molecular formula is C13H19N3O. The summed E-state index contributed by atoms with van der Waals surface area (Å²) in [5.74, 6) is 0.520. The molecule has 1 heterocycles. The van der Waals surface area contributed by atoms with Crippen LogP contribution in [0.5, 0.6) is 0 Å². The fourth-order valence-electron chi connectivity index (χ4n) is 2.47. The number of pyridine rings is 1. The Morgan fingerprint density at radius 3 is 2.88 bits per heavy atom. The topological polar surface area (TPSA) is 68.0 Å². The third kappa shape index (κ3) is 2.75. The fraction of sp³-hybridized carbons (Fsp3) is 0.538. The van der Waals surface area contributed by atoms with Gasteiger partial charge in [-0.2, -0.15) is 0 Å². The molecule has 3 N–H and O–H groups in total. The van der Waals surface area contributed by atoms with Crippen molar-refractivity contribution in [2.75, 3.05) is 5.73 Å². The lowest BCUT2D eigenvalue weighted by Crippen LogP contribution is -2.37. The summed E-state index contributed by atoms with van der Waals surface area (Å²) in [6.07, 6.45) is 8.09. The van der Waals surface area contributed by atoms with Gasteiger partial charge < -0.3 is 11.1 Å². The Hall–Kier alpha value is -1.58. The van der Waals surface area contributed by atoms with Gasteiger partial charge in [-0.1, -0.05) is 12.8 Å². The Bertz CT molecular complexity index is 399. The molecule has 1 fully saturated rings. The lowest BCUT2D eigenvalue weighted by molar-refractivity contribution is 0.0928. The molecule has 2 rings (SSSR count). The largest absolute Gasteiger partial charge is 0.397 e. The van der Waals surface area contributed by atoms with Crippen LogP contribution in [-0.4, -0.2) is 16.9 Å². The molecule has 0 saturated heterocycles. The number of anilines is 1. The molecule has 1 aliphatic carbocycles. The highest BCUT2D eigenvalue weighted by atomic mass is 16.1. The van der Waals surface area contributed by atoms with Gasteiger partial charge in [-0.25, -0.2) is 0 Å². The van der Waals surface area contributed by atoms with E-state index in [0.717, 1.165) is 0 Å². The molecule has 0 spiro atoms. The Kier molecular flexibility index (Phi) is 3.61. The predicted molar refractivity (Wildman–Crippen MR) is 67.5 cm³/mol. The highest BCUT2D eigenvalue weighted by Crippen LogP contribution is 2.27. The van der Waals surface area contributed by atoms with Crippen LogP contribution in [0, 0.1) is 5.92 Å². The Morgan fingerprint density at radius 2 is 2.24 bits per heavy atom. The third-order valence-corrected chi connectivity index (χ3v) is 3.56. The van der Waals surface area contributed by atoms with Crippen molar-refractivity contribution >= 4 is 11.6 Å². The first kappa shape index (κ1) is 11.9. The number of hydrogen-bond donors (Lipinski definition) is 2. The van der Waals surface area contributed by atoms with Gasteiger partial charge in [0.2, 0.25) is 0 Å². The summed E-state index contributed by atoms with van der Waals surface area (Å²) in [5, 5.41) is 3.03. The number of carbonyl (C=O) groups excluding carboxylic acids is 1. The maximum atomic E-state index is 12.0. The summed E-state index contributed by atoms with van der Waals surface area (Å²) in [4.78, 5) is 15.9. The molecule has 1 aromatic heterocycles. The van der Waals surface area contributed by atoms with E-state index in [-0.39, 0.29) is 11.9 Å². The van der Waals surface area contributed by atoms with Crippen molar-refractivity contribution in [3.8, 4) is 0 Å². The van der Waals surface area contributed by atoms with E-state index in [1.54, 1.807) is 12.3 Å². The summed E-state index contributed by atoms with van der Waals surface area (Å²) in [6.45, 7) is 2.07. The molecule has 1 atom stereocenters. The van der Waals surface area contributed by atoms with E-state index in [1.807, 2.05) is 0 Å².